The highest BCUT2D eigenvalue weighted by atomic mass is 19.3. The van der Waals surface area contributed by atoms with Crippen LogP contribution in [0.15, 0.2) is 42.5 Å². The number of hydrogen-bond acceptors (Lipinski definition) is 5. The number of fused-ring (bicyclic) bond motifs is 4. The van der Waals surface area contributed by atoms with Gasteiger partial charge in [0.05, 0.1) is 0 Å². The van der Waals surface area contributed by atoms with Crippen LogP contribution in [0.25, 0.3) is 10.9 Å². The van der Waals surface area contributed by atoms with Gasteiger partial charge in [0.25, 0.3) is 5.91 Å². The summed E-state index contributed by atoms with van der Waals surface area (Å²) < 4.78 is 30.6. The van der Waals surface area contributed by atoms with Gasteiger partial charge in [-0.05, 0) is 93.2 Å². The Morgan fingerprint density at radius 2 is 1.90 bits per heavy atom. The van der Waals surface area contributed by atoms with Crippen LogP contribution in [0.2, 0.25) is 0 Å². The number of amides is 3. The zero-order chi connectivity index (χ0) is 28.2. The Morgan fingerprint density at radius 1 is 1.12 bits per heavy atom. The maximum absolute atomic E-state index is 14.0. The molecule has 10 heteroatoms. The molecule has 2 fully saturated rings. The van der Waals surface area contributed by atoms with E-state index in [1.54, 1.807) is 42.2 Å². The van der Waals surface area contributed by atoms with Gasteiger partial charge in [-0.15, -0.1) is 0 Å². The molecule has 2 atom stereocenters. The van der Waals surface area contributed by atoms with E-state index in [4.69, 9.17) is 0 Å². The smallest absolute Gasteiger partial charge is 0.387 e. The number of piperidine rings is 1. The Labute approximate surface area is 231 Å². The van der Waals surface area contributed by atoms with E-state index in [2.05, 4.69) is 21.5 Å². The van der Waals surface area contributed by atoms with Crippen LogP contribution in [0.1, 0.15) is 56.0 Å². The van der Waals surface area contributed by atoms with Crippen molar-refractivity contribution < 1.29 is 28.2 Å². The number of phenolic OH excluding ortho intramolecular Hbond substituents is 1. The second-order valence-corrected chi connectivity index (χ2v) is 11.5. The minimum Gasteiger partial charge on any atom is -0.508 e. The third-order valence-electron chi connectivity index (χ3n) is 8.78. The molecule has 2 N–H and O–H groups in total. The number of ether oxygens (including phenoxy) is 1. The van der Waals surface area contributed by atoms with Gasteiger partial charge in [0, 0.05) is 29.6 Å². The molecule has 1 unspecified atom stereocenters. The number of alkyl halides is 2. The molecule has 2 aromatic carbocycles. The summed E-state index contributed by atoms with van der Waals surface area (Å²) in [7, 11) is 0. The maximum atomic E-state index is 14.0. The quantitative estimate of drug-likeness (QED) is 0.390. The molecule has 6 rings (SSSR count). The van der Waals surface area contributed by atoms with Crippen LogP contribution < -0.4 is 4.74 Å². The molecule has 8 nitrogen and oxygen atoms in total. The van der Waals surface area contributed by atoms with Crippen LogP contribution in [0.5, 0.6) is 11.5 Å². The summed E-state index contributed by atoms with van der Waals surface area (Å²) in [5.41, 5.74) is 1.61. The van der Waals surface area contributed by atoms with Crippen LogP contribution >= 0.6 is 0 Å². The van der Waals surface area contributed by atoms with Crippen molar-refractivity contribution in [2.75, 3.05) is 26.2 Å². The number of aromatic amines is 1. The average Bonchev–Trinajstić information content (AvgIpc) is 3.35. The third-order valence-corrected chi connectivity index (χ3v) is 8.78. The first kappa shape index (κ1) is 26.6. The fourth-order valence-corrected chi connectivity index (χ4v) is 6.64. The van der Waals surface area contributed by atoms with Crippen LogP contribution in [0.3, 0.4) is 0 Å². The number of nitrogens with one attached hydrogen (secondary N) is 1. The lowest BCUT2D eigenvalue weighted by molar-refractivity contribution is -0.133. The van der Waals surface area contributed by atoms with Crippen molar-refractivity contribution in [1.29, 1.82) is 0 Å². The fraction of sp³-hybridized carbons (Fsp3) is 0.467. The number of nitrogens with zero attached hydrogens (tertiary/aromatic N) is 3. The molecule has 0 spiro atoms. The topological polar surface area (TPSA) is 89.1 Å². The van der Waals surface area contributed by atoms with E-state index in [9.17, 15) is 23.5 Å². The van der Waals surface area contributed by atoms with Crippen molar-refractivity contribution >= 4 is 22.8 Å². The molecule has 212 valence electrons. The van der Waals surface area contributed by atoms with Crippen molar-refractivity contribution in [3.8, 4) is 11.5 Å². The summed E-state index contributed by atoms with van der Waals surface area (Å²) in [6.45, 7) is 4.30. The first-order valence-electron chi connectivity index (χ1n) is 13.9. The molecular weight excluding hydrogens is 518 g/mol. The SMILES string of the molecule is CC1CCN(CCCN2C(=O)N3C(c4cccc(O)c4)c4[nH]c5ccc(OC(F)F)cc5c4C[C@@]3(C)C2=O)CC1. The first-order chi connectivity index (χ1) is 19.2. The fourth-order valence-electron chi connectivity index (χ4n) is 6.64. The summed E-state index contributed by atoms with van der Waals surface area (Å²) in [6, 6.07) is 10.3. The molecule has 0 saturated carbocycles. The number of hydrogen-bond donors (Lipinski definition) is 2. The van der Waals surface area contributed by atoms with Crippen LogP contribution in [-0.2, 0) is 11.2 Å². The number of likely N-dealkylation sites (tertiary alicyclic amines) is 1. The second kappa shape index (κ2) is 10.1. The number of benzene rings is 2. The number of rotatable bonds is 7. The largest absolute Gasteiger partial charge is 0.508 e. The Hall–Kier alpha value is -3.66. The van der Waals surface area contributed by atoms with Gasteiger partial charge >= 0.3 is 12.6 Å². The van der Waals surface area contributed by atoms with Crippen LogP contribution in [0, 0.1) is 5.92 Å². The summed E-state index contributed by atoms with van der Waals surface area (Å²) in [5.74, 6) is 0.526. The van der Waals surface area contributed by atoms with Gasteiger partial charge in [-0.3, -0.25) is 14.6 Å². The van der Waals surface area contributed by atoms with E-state index in [1.807, 2.05) is 6.07 Å². The molecule has 1 aromatic heterocycles. The zero-order valence-corrected chi connectivity index (χ0v) is 22.7. The predicted molar refractivity (Wildman–Crippen MR) is 145 cm³/mol. The maximum Gasteiger partial charge on any atom is 0.387 e. The number of phenols is 1. The highest BCUT2D eigenvalue weighted by molar-refractivity contribution is 6.08. The minimum absolute atomic E-state index is 0.0216. The van der Waals surface area contributed by atoms with Gasteiger partial charge in [0.1, 0.15) is 23.1 Å². The lowest BCUT2D eigenvalue weighted by Crippen LogP contribution is -2.53. The Kier molecular flexibility index (Phi) is 6.68. The third kappa shape index (κ3) is 4.48. The van der Waals surface area contributed by atoms with Gasteiger partial charge < -0.3 is 19.7 Å². The van der Waals surface area contributed by atoms with Crippen molar-refractivity contribution in [1.82, 2.24) is 19.7 Å². The van der Waals surface area contributed by atoms with Crippen molar-refractivity contribution in [2.45, 2.75) is 57.7 Å². The van der Waals surface area contributed by atoms with Crippen molar-refractivity contribution in [3.05, 3.63) is 59.3 Å². The lowest BCUT2D eigenvalue weighted by Gasteiger charge is -2.42. The van der Waals surface area contributed by atoms with E-state index < -0.39 is 18.2 Å². The monoisotopic (exact) mass is 552 g/mol. The van der Waals surface area contributed by atoms with Crippen LogP contribution in [-0.4, -0.2) is 75.1 Å². The molecular formula is C30H34F2N4O4. The average molecular weight is 553 g/mol. The van der Waals surface area contributed by atoms with Crippen molar-refractivity contribution in [2.24, 2.45) is 5.92 Å². The number of H-pyrrole nitrogens is 1. The highest BCUT2D eigenvalue weighted by Gasteiger charge is 2.60. The van der Waals surface area contributed by atoms with Gasteiger partial charge in [0.2, 0.25) is 0 Å². The number of imide groups is 1. The zero-order valence-electron chi connectivity index (χ0n) is 22.7. The van der Waals surface area contributed by atoms with E-state index in [1.165, 1.54) is 11.0 Å². The molecule has 0 aliphatic carbocycles. The predicted octanol–water partition coefficient (Wildman–Crippen LogP) is 5.27. The van der Waals surface area contributed by atoms with Gasteiger partial charge in [-0.25, -0.2) is 4.79 Å². The van der Waals surface area contributed by atoms with Gasteiger partial charge in [0.15, 0.2) is 0 Å². The first-order valence-corrected chi connectivity index (χ1v) is 13.9. The molecule has 3 aliphatic heterocycles. The molecule has 4 heterocycles. The Bertz CT molecular complexity index is 1450. The minimum atomic E-state index is -2.96. The van der Waals surface area contributed by atoms with Gasteiger partial charge in [-0.2, -0.15) is 8.78 Å². The molecule has 3 aromatic rings. The normalized spacial score (nSPS) is 23.8. The number of urea groups is 1. The molecule has 2 saturated heterocycles. The Balaban J connectivity index is 1.36. The number of carbonyl (C=O) groups is 2. The molecule has 3 amide bonds. The van der Waals surface area contributed by atoms with Crippen molar-refractivity contribution in [3.63, 3.8) is 0 Å². The lowest BCUT2D eigenvalue weighted by atomic mass is 9.81. The van der Waals surface area contributed by atoms with Crippen LogP contribution in [0.4, 0.5) is 13.6 Å². The summed E-state index contributed by atoms with van der Waals surface area (Å²) >= 11 is 0. The van der Waals surface area contributed by atoms with E-state index >= 15 is 0 Å². The number of carbonyl (C=O) groups excluding carboxylic acids is 2. The molecule has 40 heavy (non-hydrogen) atoms. The Morgan fingerprint density at radius 3 is 2.62 bits per heavy atom. The molecule has 0 radical (unpaired) electrons. The summed E-state index contributed by atoms with van der Waals surface area (Å²) in [6.07, 6.45) is 3.24. The van der Waals surface area contributed by atoms with E-state index in [0.717, 1.165) is 44.0 Å². The number of halogens is 2. The summed E-state index contributed by atoms with van der Waals surface area (Å²) in [5, 5.41) is 11.0. The standard InChI is InChI=1S/C30H34F2N4O4/c1-18-9-13-34(14-10-18)11-4-12-35-27(38)30(2)17-23-22-16-21(40-28(31)32)7-8-24(22)33-25(23)26(36(30)29(35)39)19-5-3-6-20(37)15-19/h3,5-8,15-16,18,26,28,33,37H,4,9-14,17H2,1-2H3/t26?,30-/m0/s1. The number of aromatic hydroxyl groups is 1. The number of aromatic nitrogens is 1. The molecule has 3 aliphatic rings. The highest BCUT2D eigenvalue weighted by Crippen LogP contribution is 2.49. The van der Waals surface area contributed by atoms with Gasteiger partial charge in [-0.1, -0.05) is 19.1 Å². The van der Waals surface area contributed by atoms with E-state index in [0.29, 0.717) is 35.1 Å². The summed E-state index contributed by atoms with van der Waals surface area (Å²) in [4.78, 5) is 36.7. The van der Waals surface area contributed by atoms with E-state index in [-0.39, 0.29) is 29.9 Å². The second-order valence-electron chi connectivity index (χ2n) is 11.5. The molecule has 0 bridgehead atoms.